The van der Waals surface area contributed by atoms with Gasteiger partial charge in [-0.3, -0.25) is 0 Å². The smallest absolute Gasteiger partial charge is 0.161 e. The second-order valence-corrected chi connectivity index (χ2v) is 12.7. The summed E-state index contributed by atoms with van der Waals surface area (Å²) in [5.74, 6) is -0.124. The van der Waals surface area contributed by atoms with Crippen LogP contribution in [0.4, 0.5) is 0 Å². The van der Waals surface area contributed by atoms with Crippen LogP contribution in [-0.2, 0) is 23.7 Å². The van der Waals surface area contributed by atoms with Crippen molar-refractivity contribution in [2.45, 2.75) is 104 Å². The Kier molecular flexibility index (Phi) is 5.90. The van der Waals surface area contributed by atoms with Crippen molar-refractivity contribution in [2.24, 2.45) is 10.8 Å². The van der Waals surface area contributed by atoms with Crippen LogP contribution < -0.4 is 0 Å². The SMILES string of the molecule is CC1(C)CCC[C@]1(C)c1cc(CCc2cc(O)c(O)c([C@@]3(C)CCCC3(C)C)c2)cc(O)c1O. The van der Waals surface area contributed by atoms with E-state index in [1.54, 1.807) is 12.1 Å². The molecule has 4 rings (SSSR count). The van der Waals surface area contributed by atoms with Gasteiger partial charge < -0.3 is 20.4 Å². The van der Waals surface area contributed by atoms with Crippen LogP contribution in [0.25, 0.3) is 0 Å². The highest BCUT2D eigenvalue weighted by molar-refractivity contribution is 5.54. The lowest BCUT2D eigenvalue weighted by Crippen LogP contribution is -2.34. The first-order valence-electron chi connectivity index (χ1n) is 12.8. The van der Waals surface area contributed by atoms with E-state index in [0.29, 0.717) is 12.8 Å². The van der Waals surface area contributed by atoms with Gasteiger partial charge in [-0.25, -0.2) is 0 Å². The van der Waals surface area contributed by atoms with Crippen LogP contribution in [0.15, 0.2) is 24.3 Å². The van der Waals surface area contributed by atoms with E-state index in [-0.39, 0.29) is 44.7 Å². The number of rotatable bonds is 5. The van der Waals surface area contributed by atoms with E-state index in [1.165, 1.54) is 0 Å². The standard InChI is InChI=1S/C30H42O4/c1-27(2)11-7-13-29(27,5)21-15-19(17-23(31)25(21)33)9-10-20-16-22(26(34)24(32)18-20)30(6)14-8-12-28(30,3)4/h15-18,31-34H,7-14H2,1-6H3/t29-,30-/m1/s1. The summed E-state index contributed by atoms with van der Waals surface area (Å²) in [5, 5.41) is 42.6. The Bertz CT molecular complexity index is 1010. The molecule has 0 radical (unpaired) electrons. The van der Waals surface area contributed by atoms with Crippen LogP contribution in [0, 0.1) is 10.8 Å². The fraction of sp³-hybridized carbons (Fsp3) is 0.600. The summed E-state index contributed by atoms with van der Waals surface area (Å²) >= 11 is 0. The van der Waals surface area contributed by atoms with Crippen molar-refractivity contribution < 1.29 is 20.4 Å². The van der Waals surface area contributed by atoms with Crippen LogP contribution >= 0.6 is 0 Å². The number of phenolic OH excluding ortho intramolecular Hbond substituents is 4. The molecule has 2 saturated carbocycles. The van der Waals surface area contributed by atoms with E-state index in [9.17, 15) is 20.4 Å². The fourth-order valence-corrected chi connectivity index (χ4v) is 6.77. The predicted octanol–water partition coefficient (Wildman–Crippen LogP) is 7.23. The first-order chi connectivity index (χ1) is 15.7. The third kappa shape index (κ3) is 3.74. The van der Waals surface area contributed by atoms with Crippen molar-refractivity contribution in [1.29, 1.82) is 0 Å². The number of aromatic hydroxyl groups is 4. The maximum Gasteiger partial charge on any atom is 0.161 e. The molecule has 0 aromatic heterocycles. The molecule has 0 aliphatic heterocycles. The van der Waals surface area contributed by atoms with E-state index in [1.807, 2.05) is 0 Å². The Hall–Kier alpha value is -2.36. The van der Waals surface area contributed by atoms with E-state index in [0.717, 1.165) is 60.8 Å². The van der Waals surface area contributed by atoms with Crippen LogP contribution in [0.1, 0.15) is 102 Å². The highest BCUT2D eigenvalue weighted by Crippen LogP contribution is 2.58. The van der Waals surface area contributed by atoms with Gasteiger partial charge in [0, 0.05) is 22.0 Å². The molecule has 0 heterocycles. The van der Waals surface area contributed by atoms with Gasteiger partial charge in [0.15, 0.2) is 23.0 Å². The van der Waals surface area contributed by atoms with Gasteiger partial charge in [0.2, 0.25) is 0 Å². The number of benzene rings is 2. The second kappa shape index (κ2) is 8.10. The van der Waals surface area contributed by atoms with Gasteiger partial charge in [0.1, 0.15) is 0 Å². The highest BCUT2D eigenvalue weighted by Gasteiger charge is 2.49. The summed E-state index contributed by atoms with van der Waals surface area (Å²) in [7, 11) is 0. The Morgan fingerprint density at radius 1 is 0.559 bits per heavy atom. The maximum absolute atomic E-state index is 10.8. The molecule has 4 heteroatoms. The molecule has 34 heavy (non-hydrogen) atoms. The summed E-state index contributed by atoms with van der Waals surface area (Å²) in [4.78, 5) is 0. The predicted molar refractivity (Wildman–Crippen MR) is 137 cm³/mol. The summed E-state index contributed by atoms with van der Waals surface area (Å²) in [5.41, 5.74) is 3.28. The lowest BCUT2D eigenvalue weighted by Gasteiger charge is -2.40. The number of hydrogen-bond acceptors (Lipinski definition) is 4. The van der Waals surface area contributed by atoms with Crippen molar-refractivity contribution in [1.82, 2.24) is 0 Å². The Morgan fingerprint density at radius 3 is 1.21 bits per heavy atom. The Labute approximate surface area is 204 Å². The van der Waals surface area contributed by atoms with Crippen molar-refractivity contribution in [3.63, 3.8) is 0 Å². The summed E-state index contributed by atoms with van der Waals surface area (Å²) in [6.45, 7) is 13.4. The summed E-state index contributed by atoms with van der Waals surface area (Å²) in [6, 6.07) is 7.44. The minimum Gasteiger partial charge on any atom is -0.504 e. The van der Waals surface area contributed by atoms with E-state index in [2.05, 4.69) is 53.7 Å². The molecule has 4 nitrogen and oxygen atoms in total. The lowest BCUT2D eigenvalue weighted by atomic mass is 9.64. The number of aryl methyl sites for hydroxylation is 2. The molecule has 2 aliphatic carbocycles. The molecule has 0 unspecified atom stereocenters. The minimum absolute atomic E-state index is 0.00202. The topological polar surface area (TPSA) is 80.9 Å². The van der Waals surface area contributed by atoms with Gasteiger partial charge in [0.05, 0.1) is 0 Å². The van der Waals surface area contributed by atoms with Crippen molar-refractivity contribution in [3.05, 3.63) is 46.5 Å². The van der Waals surface area contributed by atoms with Crippen LogP contribution in [-0.4, -0.2) is 20.4 Å². The van der Waals surface area contributed by atoms with Gasteiger partial charge in [0.25, 0.3) is 0 Å². The molecule has 2 aromatic carbocycles. The average Bonchev–Trinajstić information content (AvgIpc) is 3.19. The molecule has 0 saturated heterocycles. The third-order valence-electron chi connectivity index (χ3n) is 10.1. The Balaban J connectivity index is 1.65. The van der Waals surface area contributed by atoms with Crippen LogP contribution in [0.3, 0.4) is 0 Å². The normalized spacial score (nSPS) is 27.8. The first-order valence-corrected chi connectivity index (χ1v) is 12.8. The molecular weight excluding hydrogens is 424 g/mol. The molecule has 0 bridgehead atoms. The van der Waals surface area contributed by atoms with Crippen molar-refractivity contribution >= 4 is 0 Å². The van der Waals surface area contributed by atoms with E-state index >= 15 is 0 Å². The monoisotopic (exact) mass is 466 g/mol. The first kappa shape index (κ1) is 24.8. The zero-order valence-electron chi connectivity index (χ0n) is 21.8. The second-order valence-electron chi connectivity index (χ2n) is 12.7. The maximum atomic E-state index is 10.8. The number of phenols is 4. The van der Waals surface area contributed by atoms with Gasteiger partial charge in [-0.15, -0.1) is 0 Å². The quantitative estimate of drug-likeness (QED) is 0.350. The van der Waals surface area contributed by atoms with Gasteiger partial charge in [-0.1, -0.05) is 66.5 Å². The zero-order chi connectivity index (χ0) is 25.1. The average molecular weight is 467 g/mol. The van der Waals surface area contributed by atoms with Gasteiger partial charge >= 0.3 is 0 Å². The van der Waals surface area contributed by atoms with Crippen molar-refractivity contribution in [3.8, 4) is 23.0 Å². The van der Waals surface area contributed by atoms with Crippen LogP contribution in [0.5, 0.6) is 23.0 Å². The molecular formula is C30H42O4. The van der Waals surface area contributed by atoms with E-state index in [4.69, 9.17) is 0 Å². The summed E-state index contributed by atoms with van der Waals surface area (Å²) in [6.07, 6.45) is 7.72. The fourth-order valence-electron chi connectivity index (χ4n) is 6.77. The Morgan fingerprint density at radius 2 is 0.912 bits per heavy atom. The van der Waals surface area contributed by atoms with Crippen LogP contribution in [0.2, 0.25) is 0 Å². The third-order valence-corrected chi connectivity index (χ3v) is 10.1. The molecule has 0 spiro atoms. The molecule has 0 amide bonds. The minimum atomic E-state index is -0.197. The molecule has 2 atom stereocenters. The zero-order valence-corrected chi connectivity index (χ0v) is 21.8. The molecule has 186 valence electrons. The molecule has 2 aromatic rings. The summed E-state index contributed by atoms with van der Waals surface area (Å²) < 4.78 is 0. The molecule has 2 fully saturated rings. The number of hydrogen-bond donors (Lipinski definition) is 4. The van der Waals surface area contributed by atoms with Crippen molar-refractivity contribution in [2.75, 3.05) is 0 Å². The lowest BCUT2D eigenvalue weighted by molar-refractivity contribution is 0.217. The van der Waals surface area contributed by atoms with Gasteiger partial charge in [-0.05, 0) is 72.6 Å². The molecule has 4 N–H and O–H groups in total. The van der Waals surface area contributed by atoms with E-state index < -0.39 is 0 Å². The molecule has 2 aliphatic rings. The van der Waals surface area contributed by atoms with Gasteiger partial charge in [-0.2, -0.15) is 0 Å². The largest absolute Gasteiger partial charge is 0.504 e. The highest BCUT2D eigenvalue weighted by atomic mass is 16.3.